The van der Waals surface area contributed by atoms with Crippen LogP contribution in [0.1, 0.15) is 32.3 Å². The maximum atomic E-state index is 12.6. The number of carbonyl (C=O) groups excluding carboxylic acids is 1. The van der Waals surface area contributed by atoms with Gasteiger partial charge in [-0.25, -0.2) is 9.78 Å². The molecule has 0 bridgehead atoms. The van der Waals surface area contributed by atoms with Crippen molar-refractivity contribution < 1.29 is 9.53 Å². The van der Waals surface area contributed by atoms with Gasteiger partial charge in [0.25, 0.3) is 10.9 Å². The van der Waals surface area contributed by atoms with Gasteiger partial charge in [0.1, 0.15) is 17.4 Å². The average molecular weight is 502 g/mol. The van der Waals surface area contributed by atoms with E-state index in [1.165, 1.54) is 7.11 Å². The van der Waals surface area contributed by atoms with E-state index in [2.05, 4.69) is 15.6 Å². The van der Waals surface area contributed by atoms with Gasteiger partial charge in [-0.3, -0.25) is 9.59 Å². The minimum absolute atomic E-state index is 0.159. The second kappa shape index (κ2) is 9.72. The van der Waals surface area contributed by atoms with Gasteiger partial charge in [-0.2, -0.15) is 0 Å². The number of benzene rings is 2. The lowest BCUT2D eigenvalue weighted by Crippen LogP contribution is -2.48. The van der Waals surface area contributed by atoms with E-state index in [1.54, 1.807) is 0 Å². The van der Waals surface area contributed by atoms with Gasteiger partial charge in [-0.15, -0.1) is 0 Å². The van der Waals surface area contributed by atoms with Crippen molar-refractivity contribution in [3.63, 3.8) is 0 Å². The maximum absolute atomic E-state index is 12.6. The zero-order valence-electron chi connectivity index (χ0n) is 21.4. The Morgan fingerprint density at radius 1 is 1.05 bits per heavy atom. The minimum atomic E-state index is -0.807. The number of aromatic nitrogens is 2. The van der Waals surface area contributed by atoms with Crippen molar-refractivity contribution in [3.05, 3.63) is 74.5 Å². The summed E-state index contributed by atoms with van der Waals surface area (Å²) in [6, 6.07) is 15.1. The van der Waals surface area contributed by atoms with E-state index < -0.39 is 22.9 Å². The number of hydrogen-bond donors (Lipinski definition) is 2. The monoisotopic (exact) mass is 501 g/mol. The van der Waals surface area contributed by atoms with Crippen LogP contribution in [0, 0.1) is 0 Å². The summed E-state index contributed by atoms with van der Waals surface area (Å²) in [7, 11) is 3.27. The summed E-state index contributed by atoms with van der Waals surface area (Å²) >= 11 is 0. The summed E-state index contributed by atoms with van der Waals surface area (Å²) in [4.78, 5) is 44.2. The molecule has 2 unspecified atom stereocenters. The van der Waals surface area contributed by atoms with Gasteiger partial charge in [0, 0.05) is 31.2 Å². The van der Waals surface area contributed by atoms with Crippen molar-refractivity contribution in [3.8, 4) is 0 Å². The molecule has 1 aliphatic rings. The molecule has 3 atom stereocenters. The number of para-hydroxylation sites is 2. The second-order valence-corrected chi connectivity index (χ2v) is 9.79. The SMILES string of the molecule is COC(=O)C(Cc1ccc(Nc2nc3ccccc3n2C)cc1)Nc1c(N2C(C)CC[C@@H]2C)c(=O)c1=O. The van der Waals surface area contributed by atoms with Gasteiger partial charge in [0.05, 0.1) is 18.1 Å². The first-order valence-corrected chi connectivity index (χ1v) is 12.5. The summed E-state index contributed by atoms with van der Waals surface area (Å²) in [5, 5.41) is 6.37. The molecule has 0 aliphatic carbocycles. The molecule has 0 amide bonds. The summed E-state index contributed by atoms with van der Waals surface area (Å²) in [6.07, 6.45) is 2.20. The van der Waals surface area contributed by atoms with E-state index >= 15 is 0 Å². The summed E-state index contributed by atoms with van der Waals surface area (Å²) < 4.78 is 7.00. The van der Waals surface area contributed by atoms with Crippen LogP contribution in [0.4, 0.5) is 23.0 Å². The van der Waals surface area contributed by atoms with E-state index in [-0.39, 0.29) is 17.8 Å². The number of nitrogens with one attached hydrogen (secondary N) is 2. The average Bonchev–Trinajstić information content (AvgIpc) is 3.41. The molecule has 9 heteroatoms. The molecule has 1 fully saturated rings. The Balaban J connectivity index is 1.33. The molecular weight excluding hydrogens is 470 g/mol. The highest BCUT2D eigenvalue weighted by Gasteiger charge is 2.36. The summed E-state index contributed by atoms with van der Waals surface area (Å²) in [5.74, 6) is 0.226. The van der Waals surface area contributed by atoms with Crippen LogP contribution in [0.2, 0.25) is 0 Å². The number of anilines is 4. The fourth-order valence-corrected chi connectivity index (χ4v) is 5.25. The van der Waals surface area contributed by atoms with Crippen molar-refractivity contribution in [2.24, 2.45) is 7.05 Å². The Hall–Kier alpha value is -4.14. The van der Waals surface area contributed by atoms with Gasteiger partial charge in [-0.1, -0.05) is 24.3 Å². The largest absolute Gasteiger partial charge is 0.467 e. The fraction of sp³-hybridized carbons (Fsp3) is 0.357. The van der Waals surface area contributed by atoms with Gasteiger partial charge in [0.15, 0.2) is 0 Å². The van der Waals surface area contributed by atoms with Gasteiger partial charge in [-0.05, 0) is 56.5 Å². The van der Waals surface area contributed by atoms with Crippen LogP contribution in [-0.2, 0) is 23.0 Å². The summed E-state index contributed by atoms with van der Waals surface area (Å²) in [6.45, 7) is 4.09. The predicted molar refractivity (Wildman–Crippen MR) is 146 cm³/mol. The first-order chi connectivity index (χ1) is 17.8. The standard InChI is InChI=1S/C28H31N5O4/c1-16-9-10-17(2)33(16)24-23(25(34)26(24)35)30-21(27(36)37-4)15-18-11-13-19(14-12-18)29-28-31-20-7-5-6-8-22(20)32(28)3/h5-8,11-14,16-17,21,30H,9-10,15H2,1-4H3,(H,29,31)/t16-,17?,21?/m0/s1. The van der Waals surface area contributed by atoms with Crippen LogP contribution in [0.3, 0.4) is 0 Å². The van der Waals surface area contributed by atoms with Crippen molar-refractivity contribution >= 4 is 40.0 Å². The highest BCUT2D eigenvalue weighted by molar-refractivity contribution is 5.84. The molecule has 0 saturated carbocycles. The van der Waals surface area contributed by atoms with Crippen LogP contribution < -0.4 is 26.4 Å². The van der Waals surface area contributed by atoms with E-state index in [4.69, 9.17) is 4.74 Å². The Morgan fingerprint density at radius 3 is 2.38 bits per heavy atom. The minimum Gasteiger partial charge on any atom is -0.467 e. The van der Waals surface area contributed by atoms with Gasteiger partial charge < -0.3 is 24.8 Å². The molecule has 1 aromatic heterocycles. The number of ether oxygens (including phenoxy) is 1. The number of esters is 1. The maximum Gasteiger partial charge on any atom is 0.328 e. The number of aryl methyl sites for hydroxylation is 1. The van der Waals surface area contributed by atoms with E-state index in [1.807, 2.05) is 78.9 Å². The molecule has 1 aliphatic heterocycles. The Morgan fingerprint density at radius 2 is 1.73 bits per heavy atom. The number of carbonyl (C=O) groups is 1. The molecule has 0 radical (unpaired) electrons. The molecule has 192 valence electrons. The molecule has 37 heavy (non-hydrogen) atoms. The van der Waals surface area contributed by atoms with Crippen molar-refractivity contribution in [2.45, 2.75) is 51.2 Å². The number of imidazole rings is 1. The quantitative estimate of drug-likeness (QED) is 0.279. The third kappa shape index (κ3) is 4.45. The second-order valence-electron chi connectivity index (χ2n) is 9.79. The molecule has 9 nitrogen and oxygen atoms in total. The number of rotatable bonds is 8. The van der Waals surface area contributed by atoms with Crippen LogP contribution in [0.15, 0.2) is 58.1 Å². The Bertz CT molecular complexity index is 1510. The predicted octanol–water partition coefficient (Wildman–Crippen LogP) is 3.49. The highest BCUT2D eigenvalue weighted by atomic mass is 16.5. The molecule has 4 aromatic rings. The summed E-state index contributed by atoms with van der Waals surface area (Å²) in [5.41, 5.74) is 3.18. The highest BCUT2D eigenvalue weighted by Crippen LogP contribution is 2.33. The van der Waals surface area contributed by atoms with Crippen molar-refractivity contribution in [1.29, 1.82) is 0 Å². The van der Waals surface area contributed by atoms with Crippen LogP contribution >= 0.6 is 0 Å². The first kappa shape index (κ1) is 24.5. The van der Waals surface area contributed by atoms with Crippen LogP contribution in [0.25, 0.3) is 11.0 Å². The molecule has 0 spiro atoms. The first-order valence-electron chi connectivity index (χ1n) is 12.5. The lowest BCUT2D eigenvalue weighted by molar-refractivity contribution is -0.141. The number of methoxy groups -OCH3 is 1. The molecule has 3 aromatic carbocycles. The van der Waals surface area contributed by atoms with E-state index in [0.717, 1.165) is 41.1 Å². The van der Waals surface area contributed by atoms with Gasteiger partial charge in [0.2, 0.25) is 5.95 Å². The Kier molecular flexibility index (Phi) is 6.45. The number of hydrogen-bond acceptors (Lipinski definition) is 8. The molecular formula is C28H31N5O4. The van der Waals surface area contributed by atoms with E-state index in [9.17, 15) is 14.4 Å². The van der Waals surface area contributed by atoms with Crippen LogP contribution in [0.5, 0.6) is 0 Å². The zero-order chi connectivity index (χ0) is 26.3. The number of fused-ring (bicyclic) bond motifs is 1. The third-order valence-corrected chi connectivity index (χ3v) is 7.34. The molecule has 2 N–H and O–H groups in total. The third-order valence-electron chi connectivity index (χ3n) is 7.34. The lowest BCUT2D eigenvalue weighted by Gasteiger charge is -2.32. The molecule has 5 rings (SSSR count). The normalized spacial score (nSPS) is 18.3. The van der Waals surface area contributed by atoms with Gasteiger partial charge >= 0.3 is 5.97 Å². The Labute approximate surface area is 214 Å². The molecule has 1 saturated heterocycles. The van der Waals surface area contributed by atoms with Crippen molar-refractivity contribution in [2.75, 3.05) is 22.6 Å². The topological polar surface area (TPSA) is 106 Å². The van der Waals surface area contributed by atoms with Crippen molar-refractivity contribution in [1.82, 2.24) is 9.55 Å². The number of nitrogens with zero attached hydrogens (tertiary/aromatic N) is 3. The molecule has 2 heterocycles. The smallest absolute Gasteiger partial charge is 0.328 e. The lowest BCUT2D eigenvalue weighted by atomic mass is 10.0. The van der Waals surface area contributed by atoms with E-state index in [0.29, 0.717) is 12.1 Å². The fourth-order valence-electron chi connectivity index (χ4n) is 5.25. The zero-order valence-corrected chi connectivity index (χ0v) is 21.4. The van der Waals surface area contributed by atoms with Crippen LogP contribution in [-0.4, -0.2) is 40.8 Å².